The lowest BCUT2D eigenvalue weighted by Crippen LogP contribution is -2.13. The van der Waals surface area contributed by atoms with E-state index in [0.29, 0.717) is 22.9 Å². The van der Waals surface area contributed by atoms with E-state index < -0.39 is 5.91 Å². The first-order chi connectivity index (χ1) is 8.90. The first-order valence-corrected chi connectivity index (χ1v) is 6.47. The largest absolute Gasteiger partial charge is 0.438 e. The lowest BCUT2D eigenvalue weighted by molar-refractivity contribution is 0.0997. The van der Waals surface area contributed by atoms with Crippen LogP contribution in [0.15, 0.2) is 22.7 Å². The molecule has 0 atom stereocenters. The number of hydrogen-bond donors (Lipinski definition) is 1. The topological polar surface area (TPSA) is 70.1 Å². The van der Waals surface area contributed by atoms with E-state index in [4.69, 9.17) is 10.5 Å². The van der Waals surface area contributed by atoms with Crippen LogP contribution in [-0.4, -0.2) is 15.7 Å². The molecule has 0 bridgehead atoms. The standard InChI is InChI=1S/C13H14BrN3O2/c1-7-4-5-9(14)6-10(7)19-13-11(12(15)18)8(2)16-17(13)3/h4-6H,1-3H3,(H2,15,18). The molecule has 6 heteroatoms. The number of ether oxygens (including phenoxy) is 1. The number of aromatic nitrogens is 2. The summed E-state index contributed by atoms with van der Waals surface area (Å²) in [7, 11) is 1.71. The van der Waals surface area contributed by atoms with Crippen LogP contribution in [-0.2, 0) is 7.05 Å². The average molecular weight is 324 g/mol. The minimum absolute atomic E-state index is 0.307. The summed E-state index contributed by atoms with van der Waals surface area (Å²) in [6.07, 6.45) is 0. The van der Waals surface area contributed by atoms with Crippen molar-refractivity contribution in [3.63, 3.8) is 0 Å². The third kappa shape index (κ3) is 2.63. The van der Waals surface area contributed by atoms with Gasteiger partial charge in [-0.1, -0.05) is 22.0 Å². The SMILES string of the molecule is Cc1ccc(Br)cc1Oc1c(C(N)=O)c(C)nn1C. The van der Waals surface area contributed by atoms with Crippen LogP contribution in [0.5, 0.6) is 11.6 Å². The summed E-state index contributed by atoms with van der Waals surface area (Å²) in [5.74, 6) is 0.458. The van der Waals surface area contributed by atoms with Gasteiger partial charge in [-0.3, -0.25) is 4.79 Å². The van der Waals surface area contributed by atoms with Gasteiger partial charge >= 0.3 is 0 Å². The van der Waals surface area contributed by atoms with Gasteiger partial charge in [-0.2, -0.15) is 5.10 Å². The van der Waals surface area contributed by atoms with Crippen molar-refractivity contribution in [2.45, 2.75) is 13.8 Å². The number of rotatable bonds is 3. The normalized spacial score (nSPS) is 10.5. The molecule has 100 valence electrons. The zero-order valence-corrected chi connectivity index (χ0v) is 12.5. The lowest BCUT2D eigenvalue weighted by Gasteiger charge is -2.10. The van der Waals surface area contributed by atoms with Crippen molar-refractivity contribution in [2.24, 2.45) is 12.8 Å². The van der Waals surface area contributed by atoms with Crippen molar-refractivity contribution < 1.29 is 9.53 Å². The zero-order chi connectivity index (χ0) is 14.2. The van der Waals surface area contributed by atoms with Gasteiger partial charge in [0.1, 0.15) is 11.3 Å². The van der Waals surface area contributed by atoms with Crippen LogP contribution in [0.2, 0.25) is 0 Å². The number of nitrogens with two attached hydrogens (primary N) is 1. The van der Waals surface area contributed by atoms with Gasteiger partial charge in [-0.25, -0.2) is 4.68 Å². The van der Waals surface area contributed by atoms with Gasteiger partial charge < -0.3 is 10.5 Å². The number of nitrogens with zero attached hydrogens (tertiary/aromatic N) is 2. The number of hydrogen-bond acceptors (Lipinski definition) is 3. The molecule has 0 spiro atoms. The number of aryl methyl sites for hydroxylation is 3. The van der Waals surface area contributed by atoms with E-state index in [1.807, 2.05) is 25.1 Å². The Bertz CT molecular complexity index is 650. The average Bonchev–Trinajstić information content (AvgIpc) is 2.59. The first-order valence-electron chi connectivity index (χ1n) is 5.67. The van der Waals surface area contributed by atoms with Crippen LogP contribution in [0, 0.1) is 13.8 Å². The fourth-order valence-corrected chi connectivity index (χ4v) is 2.17. The summed E-state index contributed by atoms with van der Waals surface area (Å²) in [4.78, 5) is 11.5. The minimum Gasteiger partial charge on any atom is -0.438 e. The Labute approximate surface area is 119 Å². The maximum Gasteiger partial charge on any atom is 0.256 e. The second-order valence-corrected chi connectivity index (χ2v) is 5.18. The van der Waals surface area contributed by atoms with Crippen molar-refractivity contribution >= 4 is 21.8 Å². The van der Waals surface area contributed by atoms with Crippen LogP contribution in [0.3, 0.4) is 0 Å². The molecule has 1 aromatic heterocycles. The van der Waals surface area contributed by atoms with Crippen molar-refractivity contribution in [2.75, 3.05) is 0 Å². The molecule has 0 unspecified atom stereocenters. The molecule has 2 N–H and O–H groups in total. The van der Waals surface area contributed by atoms with Crippen molar-refractivity contribution in [1.29, 1.82) is 0 Å². The highest BCUT2D eigenvalue weighted by atomic mass is 79.9. The van der Waals surface area contributed by atoms with Crippen molar-refractivity contribution in [3.05, 3.63) is 39.5 Å². The molecule has 0 aliphatic heterocycles. The summed E-state index contributed by atoms with van der Waals surface area (Å²) >= 11 is 3.39. The van der Waals surface area contributed by atoms with Crippen LogP contribution < -0.4 is 10.5 Å². The maximum atomic E-state index is 11.5. The fraction of sp³-hybridized carbons (Fsp3) is 0.231. The van der Waals surface area contributed by atoms with Crippen LogP contribution >= 0.6 is 15.9 Å². The zero-order valence-electron chi connectivity index (χ0n) is 10.9. The third-order valence-electron chi connectivity index (χ3n) is 2.77. The predicted octanol–water partition coefficient (Wildman–Crippen LogP) is 2.69. The second kappa shape index (κ2) is 5.05. The van der Waals surface area contributed by atoms with E-state index >= 15 is 0 Å². The van der Waals surface area contributed by atoms with Gasteiger partial charge in [0, 0.05) is 11.5 Å². The van der Waals surface area contributed by atoms with E-state index in [0.717, 1.165) is 10.0 Å². The predicted molar refractivity (Wildman–Crippen MR) is 75.4 cm³/mol. The highest BCUT2D eigenvalue weighted by Gasteiger charge is 2.20. The Balaban J connectivity index is 2.49. The van der Waals surface area contributed by atoms with Gasteiger partial charge in [-0.15, -0.1) is 0 Å². The molecule has 19 heavy (non-hydrogen) atoms. The summed E-state index contributed by atoms with van der Waals surface area (Å²) in [6, 6.07) is 5.68. The molecule has 1 heterocycles. The molecule has 0 aliphatic rings. The van der Waals surface area contributed by atoms with Gasteiger partial charge in [0.2, 0.25) is 5.88 Å². The van der Waals surface area contributed by atoms with Gasteiger partial charge in [0.05, 0.1) is 5.69 Å². The molecular weight excluding hydrogens is 310 g/mol. The molecule has 0 fully saturated rings. The van der Waals surface area contributed by atoms with Crippen LogP contribution in [0.4, 0.5) is 0 Å². The van der Waals surface area contributed by atoms with Crippen LogP contribution in [0.1, 0.15) is 21.6 Å². The minimum atomic E-state index is -0.548. The van der Waals surface area contributed by atoms with E-state index in [-0.39, 0.29) is 0 Å². The van der Waals surface area contributed by atoms with Crippen molar-refractivity contribution in [1.82, 2.24) is 9.78 Å². The van der Waals surface area contributed by atoms with Crippen LogP contribution in [0.25, 0.3) is 0 Å². The highest BCUT2D eigenvalue weighted by molar-refractivity contribution is 9.10. The molecule has 1 aromatic carbocycles. The number of benzene rings is 1. The molecule has 1 amide bonds. The molecule has 5 nitrogen and oxygen atoms in total. The number of carbonyl (C=O) groups is 1. The Morgan fingerprint density at radius 1 is 1.42 bits per heavy atom. The lowest BCUT2D eigenvalue weighted by atomic mass is 10.2. The summed E-state index contributed by atoms with van der Waals surface area (Å²) in [6.45, 7) is 3.65. The smallest absolute Gasteiger partial charge is 0.256 e. The number of carbonyl (C=O) groups excluding carboxylic acids is 1. The number of amides is 1. The van der Waals surface area contributed by atoms with E-state index in [1.165, 1.54) is 4.68 Å². The number of primary amides is 1. The summed E-state index contributed by atoms with van der Waals surface area (Å²) < 4.78 is 8.21. The Morgan fingerprint density at radius 3 is 2.74 bits per heavy atom. The summed E-state index contributed by atoms with van der Waals surface area (Å²) in [5, 5.41) is 4.16. The fourth-order valence-electron chi connectivity index (χ4n) is 1.83. The molecular formula is C13H14BrN3O2. The Hall–Kier alpha value is -1.82. The van der Waals surface area contributed by atoms with Crippen molar-refractivity contribution in [3.8, 4) is 11.6 Å². The maximum absolute atomic E-state index is 11.5. The third-order valence-corrected chi connectivity index (χ3v) is 3.27. The van der Waals surface area contributed by atoms with E-state index in [1.54, 1.807) is 14.0 Å². The van der Waals surface area contributed by atoms with E-state index in [2.05, 4.69) is 21.0 Å². The Kier molecular flexibility index (Phi) is 3.61. The molecule has 0 saturated heterocycles. The highest BCUT2D eigenvalue weighted by Crippen LogP contribution is 2.31. The van der Waals surface area contributed by atoms with Gasteiger partial charge in [0.15, 0.2) is 0 Å². The molecule has 0 saturated carbocycles. The summed E-state index contributed by atoms with van der Waals surface area (Å²) in [5.41, 5.74) is 7.19. The van der Waals surface area contributed by atoms with Gasteiger partial charge in [0.25, 0.3) is 5.91 Å². The molecule has 0 aliphatic carbocycles. The first kappa shape index (κ1) is 13.6. The monoisotopic (exact) mass is 323 g/mol. The second-order valence-electron chi connectivity index (χ2n) is 4.27. The molecule has 0 radical (unpaired) electrons. The molecule has 2 aromatic rings. The Morgan fingerprint density at radius 2 is 2.11 bits per heavy atom. The van der Waals surface area contributed by atoms with Gasteiger partial charge in [-0.05, 0) is 31.5 Å². The molecule has 2 rings (SSSR count). The quantitative estimate of drug-likeness (QED) is 0.944. The van der Waals surface area contributed by atoms with E-state index in [9.17, 15) is 4.79 Å². The number of halogens is 1.